The van der Waals surface area contributed by atoms with Crippen LogP contribution in [0, 0.1) is 17.3 Å². The van der Waals surface area contributed by atoms with E-state index in [0.29, 0.717) is 17.4 Å². The average Bonchev–Trinajstić information content (AvgIpc) is 2.84. The number of nitrogens with zero attached hydrogens (tertiary/aromatic N) is 1. The van der Waals surface area contributed by atoms with Gasteiger partial charge in [0.15, 0.2) is 0 Å². The Kier molecular flexibility index (Phi) is 4.78. The minimum atomic E-state index is -0.582. The van der Waals surface area contributed by atoms with Crippen LogP contribution in [0.3, 0.4) is 0 Å². The number of likely N-dealkylation sites (tertiary alicyclic amines) is 1. The lowest BCUT2D eigenvalue weighted by Crippen LogP contribution is -2.50. The summed E-state index contributed by atoms with van der Waals surface area (Å²) in [7, 11) is 0. The molecule has 2 aliphatic rings. The maximum Gasteiger partial charge on any atom is 0.308 e. The first-order valence-corrected chi connectivity index (χ1v) is 8.35. The molecule has 1 saturated carbocycles. The third-order valence-corrected chi connectivity index (χ3v) is 6.18. The summed E-state index contributed by atoms with van der Waals surface area (Å²) in [5.41, 5.74) is 0.338. The summed E-state index contributed by atoms with van der Waals surface area (Å²) in [4.78, 5) is 14.1. The number of aliphatic carboxylic acids is 1. The van der Waals surface area contributed by atoms with Crippen molar-refractivity contribution in [1.29, 1.82) is 0 Å². The van der Waals surface area contributed by atoms with Crippen LogP contribution in [-0.4, -0.2) is 34.6 Å². The first-order valence-electron chi connectivity index (χ1n) is 8.35. The van der Waals surface area contributed by atoms with Crippen LogP contribution in [0.2, 0.25) is 0 Å². The van der Waals surface area contributed by atoms with Gasteiger partial charge < -0.3 is 5.11 Å². The zero-order valence-electron chi connectivity index (χ0n) is 13.6. The van der Waals surface area contributed by atoms with Gasteiger partial charge in [0.05, 0.1) is 5.92 Å². The van der Waals surface area contributed by atoms with Gasteiger partial charge in [0, 0.05) is 12.1 Å². The molecule has 0 aromatic heterocycles. The molecule has 0 spiro atoms. The minimum Gasteiger partial charge on any atom is -0.481 e. The molecule has 3 nitrogen and oxygen atoms in total. The maximum atomic E-state index is 11.6. The second-order valence-electron chi connectivity index (χ2n) is 7.59. The Morgan fingerprint density at radius 1 is 1.30 bits per heavy atom. The van der Waals surface area contributed by atoms with Gasteiger partial charge in [-0.2, -0.15) is 0 Å². The normalized spacial score (nSPS) is 36.2. The molecule has 0 bridgehead atoms. The molecule has 20 heavy (non-hydrogen) atoms. The van der Waals surface area contributed by atoms with Crippen LogP contribution in [0.5, 0.6) is 0 Å². The second kappa shape index (κ2) is 6.05. The average molecular weight is 281 g/mol. The summed E-state index contributed by atoms with van der Waals surface area (Å²) in [6.07, 6.45) is 6.64. The van der Waals surface area contributed by atoms with Gasteiger partial charge in [0.2, 0.25) is 0 Å². The highest BCUT2D eigenvalue weighted by Crippen LogP contribution is 2.44. The van der Waals surface area contributed by atoms with E-state index in [1.807, 2.05) is 0 Å². The van der Waals surface area contributed by atoms with Crippen molar-refractivity contribution >= 4 is 5.97 Å². The van der Waals surface area contributed by atoms with Gasteiger partial charge in [0.1, 0.15) is 0 Å². The Labute approximate surface area is 123 Å². The fraction of sp³-hybridized carbons (Fsp3) is 0.941. The molecule has 1 N–H and O–H groups in total. The molecule has 4 unspecified atom stereocenters. The first-order chi connectivity index (χ1) is 9.36. The van der Waals surface area contributed by atoms with Crippen molar-refractivity contribution in [3.05, 3.63) is 0 Å². The smallest absolute Gasteiger partial charge is 0.308 e. The van der Waals surface area contributed by atoms with Crippen molar-refractivity contribution in [1.82, 2.24) is 4.90 Å². The van der Waals surface area contributed by atoms with E-state index in [4.69, 9.17) is 0 Å². The fourth-order valence-electron chi connectivity index (χ4n) is 4.25. The molecule has 4 atom stereocenters. The van der Waals surface area contributed by atoms with Crippen molar-refractivity contribution < 1.29 is 9.90 Å². The Hall–Kier alpha value is -0.570. The highest BCUT2D eigenvalue weighted by atomic mass is 16.4. The molecule has 1 saturated heterocycles. The largest absolute Gasteiger partial charge is 0.481 e. The van der Waals surface area contributed by atoms with E-state index in [0.717, 1.165) is 25.8 Å². The third kappa shape index (κ3) is 3.03. The van der Waals surface area contributed by atoms with E-state index in [9.17, 15) is 9.90 Å². The minimum absolute atomic E-state index is 0.153. The fourth-order valence-corrected chi connectivity index (χ4v) is 4.25. The number of carboxylic acids is 1. The quantitative estimate of drug-likeness (QED) is 0.852. The summed E-state index contributed by atoms with van der Waals surface area (Å²) >= 11 is 0. The number of hydrogen-bond acceptors (Lipinski definition) is 2. The van der Waals surface area contributed by atoms with E-state index in [1.54, 1.807) is 0 Å². The molecule has 0 aromatic carbocycles. The Morgan fingerprint density at radius 3 is 2.50 bits per heavy atom. The summed E-state index contributed by atoms with van der Waals surface area (Å²) in [5.74, 6) is -0.0674. The summed E-state index contributed by atoms with van der Waals surface area (Å²) in [6.45, 7) is 10.3. The summed E-state index contributed by atoms with van der Waals surface area (Å²) in [6, 6.07) is 0.819. The van der Waals surface area contributed by atoms with Gasteiger partial charge in [-0.25, -0.2) is 0 Å². The molecule has 2 fully saturated rings. The highest BCUT2D eigenvalue weighted by Gasteiger charge is 2.44. The van der Waals surface area contributed by atoms with Gasteiger partial charge in [-0.15, -0.1) is 0 Å². The van der Waals surface area contributed by atoms with E-state index in [-0.39, 0.29) is 12.0 Å². The molecule has 1 aliphatic heterocycles. The number of rotatable bonds is 4. The van der Waals surface area contributed by atoms with E-state index < -0.39 is 5.97 Å². The summed E-state index contributed by atoms with van der Waals surface area (Å²) < 4.78 is 0. The Bertz CT molecular complexity index is 353. The van der Waals surface area contributed by atoms with E-state index >= 15 is 0 Å². The van der Waals surface area contributed by atoms with Crippen LogP contribution < -0.4 is 0 Å². The van der Waals surface area contributed by atoms with Crippen LogP contribution in [-0.2, 0) is 4.79 Å². The lowest BCUT2D eigenvalue weighted by Gasteiger charge is -2.46. The number of hydrogen-bond donors (Lipinski definition) is 1. The van der Waals surface area contributed by atoms with Gasteiger partial charge in [0.25, 0.3) is 0 Å². The molecular weight excluding hydrogens is 250 g/mol. The van der Waals surface area contributed by atoms with Crippen LogP contribution in [0.1, 0.15) is 66.2 Å². The second-order valence-corrected chi connectivity index (χ2v) is 7.59. The third-order valence-electron chi connectivity index (χ3n) is 6.18. The zero-order valence-corrected chi connectivity index (χ0v) is 13.6. The van der Waals surface area contributed by atoms with E-state index in [2.05, 4.69) is 32.6 Å². The molecule has 1 aliphatic carbocycles. The molecule has 116 valence electrons. The molecular formula is C17H31NO2. The lowest BCUT2D eigenvalue weighted by atomic mass is 9.65. The SMILES string of the molecule is CCC(C)(C)C1CCC(C(=O)O)C(N2CCCC2C)C1. The van der Waals surface area contributed by atoms with E-state index in [1.165, 1.54) is 19.3 Å². The van der Waals surface area contributed by atoms with Crippen LogP contribution in [0.4, 0.5) is 0 Å². The first kappa shape index (κ1) is 15.8. The number of carboxylic acid groups (broad SMARTS) is 1. The van der Waals surface area contributed by atoms with Crippen molar-refractivity contribution in [2.45, 2.75) is 78.3 Å². The van der Waals surface area contributed by atoms with Crippen LogP contribution in [0.15, 0.2) is 0 Å². The van der Waals surface area contributed by atoms with Crippen LogP contribution >= 0.6 is 0 Å². The van der Waals surface area contributed by atoms with Gasteiger partial charge in [-0.05, 0) is 56.9 Å². The van der Waals surface area contributed by atoms with Gasteiger partial charge >= 0.3 is 5.97 Å². The molecule has 1 heterocycles. The molecule has 3 heteroatoms. The van der Waals surface area contributed by atoms with Gasteiger partial charge in [-0.3, -0.25) is 9.69 Å². The highest BCUT2D eigenvalue weighted by molar-refractivity contribution is 5.71. The maximum absolute atomic E-state index is 11.6. The zero-order chi connectivity index (χ0) is 14.9. The van der Waals surface area contributed by atoms with Crippen LogP contribution in [0.25, 0.3) is 0 Å². The van der Waals surface area contributed by atoms with Crippen molar-refractivity contribution in [3.63, 3.8) is 0 Å². The molecule has 0 amide bonds. The Morgan fingerprint density at radius 2 is 2.00 bits per heavy atom. The van der Waals surface area contributed by atoms with Crippen molar-refractivity contribution in [3.8, 4) is 0 Å². The van der Waals surface area contributed by atoms with Crippen molar-refractivity contribution in [2.24, 2.45) is 17.3 Å². The number of carbonyl (C=O) groups is 1. The predicted octanol–water partition coefficient (Wildman–Crippen LogP) is 3.78. The predicted molar refractivity (Wildman–Crippen MR) is 81.7 cm³/mol. The molecule has 0 radical (unpaired) electrons. The standard InChI is InChI=1S/C17H31NO2/c1-5-17(3,4)13-8-9-14(16(19)20)15(11-13)18-10-6-7-12(18)2/h12-15H,5-11H2,1-4H3,(H,19,20). The lowest BCUT2D eigenvalue weighted by molar-refractivity contribution is -0.147. The van der Waals surface area contributed by atoms with Gasteiger partial charge in [-0.1, -0.05) is 27.2 Å². The topological polar surface area (TPSA) is 40.5 Å². The monoisotopic (exact) mass is 281 g/mol. The molecule has 2 rings (SSSR count). The molecule has 0 aromatic rings. The summed E-state index contributed by atoms with van der Waals surface area (Å²) in [5, 5.41) is 9.57. The van der Waals surface area contributed by atoms with Crippen molar-refractivity contribution in [2.75, 3.05) is 6.54 Å². The Balaban J connectivity index is 2.16.